The van der Waals surface area contributed by atoms with Crippen LogP contribution in [0.1, 0.15) is 47.5 Å². The van der Waals surface area contributed by atoms with Crippen molar-refractivity contribution in [1.82, 2.24) is 5.32 Å². The highest BCUT2D eigenvalue weighted by molar-refractivity contribution is 5.68. The Morgan fingerprint density at radius 1 is 1.26 bits per heavy atom. The van der Waals surface area contributed by atoms with Crippen LogP contribution in [-0.4, -0.2) is 28.9 Å². The van der Waals surface area contributed by atoms with Gasteiger partial charge in [0.2, 0.25) is 0 Å². The van der Waals surface area contributed by atoms with Crippen LogP contribution in [0.3, 0.4) is 0 Å². The zero-order chi connectivity index (χ0) is 14.6. The van der Waals surface area contributed by atoms with E-state index in [1.807, 2.05) is 39.8 Å². The molecule has 4 unspecified atom stereocenters. The first-order valence-electron chi connectivity index (χ1n) is 7.02. The maximum absolute atomic E-state index is 11.8. The molecule has 0 aromatic carbocycles. The van der Waals surface area contributed by atoms with E-state index >= 15 is 0 Å². The molecule has 0 saturated heterocycles. The normalized spacial score (nSPS) is 34.0. The minimum absolute atomic E-state index is 0.125. The molecular weight excluding hydrogens is 242 g/mol. The summed E-state index contributed by atoms with van der Waals surface area (Å²) in [5.74, 6) is 0.425. The Morgan fingerprint density at radius 2 is 1.89 bits per heavy atom. The minimum atomic E-state index is -0.405. The van der Waals surface area contributed by atoms with Crippen molar-refractivity contribution in [3.05, 3.63) is 12.2 Å². The molecule has 4 atom stereocenters. The van der Waals surface area contributed by atoms with E-state index in [0.717, 1.165) is 6.42 Å². The number of aliphatic hydroxyl groups is 1. The number of carbonyl (C=O) groups is 1. The van der Waals surface area contributed by atoms with Gasteiger partial charge in [0, 0.05) is 5.54 Å². The number of aliphatic hydroxyl groups excluding tert-OH is 1. The van der Waals surface area contributed by atoms with E-state index in [1.165, 1.54) is 0 Å². The van der Waals surface area contributed by atoms with E-state index in [1.54, 1.807) is 0 Å². The third-order valence-electron chi connectivity index (χ3n) is 3.26. The fraction of sp³-hybridized carbons (Fsp3) is 0.800. The standard InChI is InChI=1S/C15H27NO3/c1-10-6-7-12(9-11(2)13(17)8-10)19-14(18)16-15(3,4)5/h6-7,10-13,17H,8-9H2,1-5H3,(H,16,18)/b7-6+. The van der Waals surface area contributed by atoms with Crippen LogP contribution in [-0.2, 0) is 4.74 Å². The topological polar surface area (TPSA) is 58.6 Å². The van der Waals surface area contributed by atoms with Gasteiger partial charge in [0.15, 0.2) is 0 Å². The number of rotatable bonds is 1. The van der Waals surface area contributed by atoms with Crippen molar-refractivity contribution in [3.8, 4) is 0 Å². The monoisotopic (exact) mass is 269 g/mol. The van der Waals surface area contributed by atoms with Gasteiger partial charge in [0.05, 0.1) is 6.10 Å². The Kier molecular flexibility index (Phi) is 5.41. The van der Waals surface area contributed by atoms with Crippen LogP contribution in [0.25, 0.3) is 0 Å². The van der Waals surface area contributed by atoms with Gasteiger partial charge in [0.25, 0.3) is 0 Å². The minimum Gasteiger partial charge on any atom is -0.442 e. The highest BCUT2D eigenvalue weighted by Crippen LogP contribution is 2.23. The third kappa shape index (κ3) is 6.10. The van der Waals surface area contributed by atoms with Crippen molar-refractivity contribution >= 4 is 6.09 Å². The molecule has 0 saturated carbocycles. The predicted octanol–water partition coefficient (Wildman–Crippen LogP) is 2.86. The van der Waals surface area contributed by atoms with Crippen LogP contribution in [0.15, 0.2) is 12.2 Å². The maximum Gasteiger partial charge on any atom is 0.408 e. The van der Waals surface area contributed by atoms with Crippen LogP contribution in [0, 0.1) is 11.8 Å². The second-order valence-electron chi connectivity index (χ2n) is 6.70. The first kappa shape index (κ1) is 16.0. The number of alkyl carbamates (subject to hydrolysis) is 1. The van der Waals surface area contributed by atoms with Crippen LogP contribution in [0.4, 0.5) is 4.79 Å². The summed E-state index contributed by atoms with van der Waals surface area (Å²) in [4.78, 5) is 11.8. The summed E-state index contributed by atoms with van der Waals surface area (Å²) in [5, 5.41) is 12.8. The summed E-state index contributed by atoms with van der Waals surface area (Å²) in [7, 11) is 0. The Bertz CT molecular complexity index is 333. The van der Waals surface area contributed by atoms with E-state index in [4.69, 9.17) is 4.74 Å². The van der Waals surface area contributed by atoms with Gasteiger partial charge in [-0.2, -0.15) is 0 Å². The summed E-state index contributed by atoms with van der Waals surface area (Å²) in [6, 6.07) is 0. The number of allylic oxidation sites excluding steroid dienone is 1. The number of nitrogens with one attached hydrogen (secondary N) is 1. The van der Waals surface area contributed by atoms with Gasteiger partial charge in [-0.3, -0.25) is 0 Å². The average Bonchev–Trinajstić information content (AvgIpc) is 2.21. The molecule has 1 aliphatic rings. The SMILES string of the molecule is CC1/C=C/C(OC(=O)NC(C)(C)C)CC(C)C(O)C1. The molecular formula is C15H27NO3. The van der Waals surface area contributed by atoms with Gasteiger partial charge in [-0.25, -0.2) is 4.79 Å². The third-order valence-corrected chi connectivity index (χ3v) is 3.26. The van der Waals surface area contributed by atoms with E-state index < -0.39 is 6.09 Å². The summed E-state index contributed by atoms with van der Waals surface area (Å²) in [6.07, 6.45) is 4.36. The highest BCUT2D eigenvalue weighted by Gasteiger charge is 2.25. The number of carbonyl (C=O) groups excluding carboxylic acids is 1. The second kappa shape index (κ2) is 6.42. The molecule has 0 spiro atoms. The molecule has 4 heteroatoms. The van der Waals surface area contributed by atoms with Gasteiger partial charge >= 0.3 is 6.09 Å². The zero-order valence-corrected chi connectivity index (χ0v) is 12.6. The molecule has 0 radical (unpaired) electrons. The number of ether oxygens (including phenoxy) is 1. The molecule has 2 N–H and O–H groups in total. The molecule has 4 nitrogen and oxygen atoms in total. The van der Waals surface area contributed by atoms with Gasteiger partial charge in [-0.05, 0) is 51.5 Å². The van der Waals surface area contributed by atoms with Crippen LogP contribution in [0.5, 0.6) is 0 Å². The number of hydrogen-bond acceptors (Lipinski definition) is 3. The summed E-state index contributed by atoms with van der Waals surface area (Å²) in [6.45, 7) is 9.79. The molecule has 0 aliphatic heterocycles. The van der Waals surface area contributed by atoms with Gasteiger partial charge < -0.3 is 15.2 Å². The Labute approximate surface area is 116 Å². The lowest BCUT2D eigenvalue weighted by Gasteiger charge is -2.28. The molecule has 0 bridgehead atoms. The Morgan fingerprint density at radius 3 is 2.47 bits per heavy atom. The van der Waals surface area contributed by atoms with Gasteiger partial charge in [-0.15, -0.1) is 0 Å². The van der Waals surface area contributed by atoms with Crippen molar-refractivity contribution in [2.24, 2.45) is 11.8 Å². The fourth-order valence-electron chi connectivity index (χ4n) is 2.17. The summed E-state index contributed by atoms with van der Waals surface area (Å²) in [5.41, 5.74) is -0.305. The van der Waals surface area contributed by atoms with E-state index in [0.29, 0.717) is 12.3 Å². The van der Waals surface area contributed by atoms with Crippen molar-refractivity contribution < 1.29 is 14.6 Å². The highest BCUT2D eigenvalue weighted by atomic mass is 16.6. The van der Waals surface area contributed by atoms with Crippen molar-refractivity contribution in [3.63, 3.8) is 0 Å². The lowest BCUT2D eigenvalue weighted by atomic mass is 9.87. The summed E-state index contributed by atoms with van der Waals surface area (Å²) < 4.78 is 5.42. The Hall–Kier alpha value is -1.03. The molecule has 0 aromatic rings. The van der Waals surface area contributed by atoms with E-state index in [2.05, 4.69) is 12.2 Å². The fourth-order valence-corrected chi connectivity index (χ4v) is 2.17. The molecule has 110 valence electrons. The van der Waals surface area contributed by atoms with Crippen molar-refractivity contribution in [2.45, 2.75) is 65.2 Å². The molecule has 1 amide bonds. The van der Waals surface area contributed by atoms with Gasteiger partial charge in [-0.1, -0.05) is 19.9 Å². The zero-order valence-electron chi connectivity index (χ0n) is 12.6. The lowest BCUT2D eigenvalue weighted by molar-refractivity contribution is 0.0519. The molecule has 0 aromatic heterocycles. The van der Waals surface area contributed by atoms with Crippen molar-refractivity contribution in [2.75, 3.05) is 0 Å². The first-order valence-corrected chi connectivity index (χ1v) is 7.02. The largest absolute Gasteiger partial charge is 0.442 e. The Balaban J connectivity index is 2.63. The average molecular weight is 269 g/mol. The summed E-state index contributed by atoms with van der Waals surface area (Å²) >= 11 is 0. The molecule has 1 rings (SSSR count). The molecule has 0 heterocycles. The number of hydrogen-bond donors (Lipinski definition) is 2. The van der Waals surface area contributed by atoms with Gasteiger partial charge in [0.1, 0.15) is 6.10 Å². The lowest BCUT2D eigenvalue weighted by Crippen LogP contribution is -2.42. The quantitative estimate of drug-likeness (QED) is 0.720. The second-order valence-corrected chi connectivity index (χ2v) is 6.70. The van der Waals surface area contributed by atoms with E-state index in [9.17, 15) is 9.90 Å². The molecule has 0 fully saturated rings. The number of amides is 1. The van der Waals surface area contributed by atoms with Crippen molar-refractivity contribution in [1.29, 1.82) is 0 Å². The van der Waals surface area contributed by atoms with E-state index in [-0.39, 0.29) is 23.7 Å². The van der Waals surface area contributed by atoms with Crippen LogP contribution < -0.4 is 5.32 Å². The smallest absolute Gasteiger partial charge is 0.408 e. The maximum atomic E-state index is 11.8. The molecule has 1 aliphatic carbocycles. The molecule has 19 heavy (non-hydrogen) atoms. The predicted molar refractivity (Wildman–Crippen MR) is 75.9 cm³/mol. The first-order chi connectivity index (χ1) is 8.67. The van der Waals surface area contributed by atoms with Crippen LogP contribution >= 0.6 is 0 Å². The van der Waals surface area contributed by atoms with Crippen LogP contribution in [0.2, 0.25) is 0 Å².